The zero-order chi connectivity index (χ0) is 15.9. The maximum absolute atomic E-state index is 11.9. The predicted octanol–water partition coefficient (Wildman–Crippen LogP) is 2.69. The van der Waals surface area contributed by atoms with Crippen molar-refractivity contribution in [2.24, 2.45) is 0 Å². The number of hydrogen-bond acceptors (Lipinski definition) is 3. The highest BCUT2D eigenvalue weighted by Gasteiger charge is 2.10. The van der Waals surface area contributed by atoms with Gasteiger partial charge in [0.05, 0.1) is 23.7 Å². The summed E-state index contributed by atoms with van der Waals surface area (Å²) in [7, 11) is 0. The first-order valence-electron chi connectivity index (χ1n) is 6.43. The highest BCUT2D eigenvalue weighted by molar-refractivity contribution is 9.10. The molecule has 2 aromatic rings. The second kappa shape index (κ2) is 7.38. The molecule has 2 amide bonds. The number of rotatable bonds is 4. The molecule has 0 aliphatic carbocycles. The van der Waals surface area contributed by atoms with Crippen molar-refractivity contribution in [3.05, 3.63) is 64.1 Å². The minimum absolute atomic E-state index is 0.139. The van der Waals surface area contributed by atoms with Crippen molar-refractivity contribution in [2.45, 2.75) is 0 Å². The molecule has 0 saturated heterocycles. The Balaban J connectivity index is 1.89. The van der Waals surface area contributed by atoms with Crippen LogP contribution in [0.25, 0.3) is 0 Å². The third kappa shape index (κ3) is 4.17. The molecule has 22 heavy (non-hydrogen) atoms. The third-order valence-electron chi connectivity index (χ3n) is 2.83. The third-order valence-corrected chi connectivity index (χ3v) is 3.52. The highest BCUT2D eigenvalue weighted by Crippen LogP contribution is 2.15. The van der Waals surface area contributed by atoms with Gasteiger partial charge in [0, 0.05) is 10.2 Å². The molecular weight excluding hydrogens is 346 g/mol. The van der Waals surface area contributed by atoms with Crippen molar-refractivity contribution in [3.8, 4) is 6.07 Å². The van der Waals surface area contributed by atoms with E-state index in [2.05, 4.69) is 26.6 Å². The van der Waals surface area contributed by atoms with Crippen LogP contribution in [0.4, 0.5) is 5.69 Å². The summed E-state index contributed by atoms with van der Waals surface area (Å²) in [6.07, 6.45) is 0. The predicted molar refractivity (Wildman–Crippen MR) is 86.3 cm³/mol. The van der Waals surface area contributed by atoms with Crippen LogP contribution in [-0.4, -0.2) is 18.4 Å². The molecule has 2 N–H and O–H groups in total. The number of hydrogen-bond donors (Lipinski definition) is 2. The van der Waals surface area contributed by atoms with Crippen molar-refractivity contribution < 1.29 is 9.59 Å². The second-order valence-corrected chi connectivity index (χ2v) is 5.25. The summed E-state index contributed by atoms with van der Waals surface area (Å²) in [4.78, 5) is 23.7. The average molecular weight is 358 g/mol. The van der Waals surface area contributed by atoms with Crippen LogP contribution in [0.3, 0.4) is 0 Å². The average Bonchev–Trinajstić information content (AvgIpc) is 2.54. The standard InChI is InChI=1S/C16H12BrN3O2/c17-14-4-2-1-3-13(14)16(22)19-10-15(21)20-12-7-5-11(9-18)6-8-12/h1-8H,10H2,(H,19,22)(H,20,21). The largest absolute Gasteiger partial charge is 0.343 e. The fourth-order valence-electron chi connectivity index (χ4n) is 1.73. The molecule has 6 heteroatoms. The molecule has 110 valence electrons. The van der Waals surface area contributed by atoms with Gasteiger partial charge in [-0.05, 0) is 52.3 Å². The maximum atomic E-state index is 11.9. The molecular formula is C16H12BrN3O2. The molecule has 0 fully saturated rings. The van der Waals surface area contributed by atoms with Gasteiger partial charge in [-0.15, -0.1) is 0 Å². The summed E-state index contributed by atoms with van der Waals surface area (Å²) in [6.45, 7) is -0.139. The molecule has 2 rings (SSSR count). The van der Waals surface area contributed by atoms with Gasteiger partial charge in [-0.1, -0.05) is 12.1 Å². The number of carbonyl (C=O) groups excluding carboxylic acids is 2. The molecule has 0 aromatic heterocycles. The van der Waals surface area contributed by atoms with Crippen LogP contribution in [-0.2, 0) is 4.79 Å². The van der Waals surface area contributed by atoms with E-state index in [1.54, 1.807) is 48.5 Å². The van der Waals surface area contributed by atoms with Crippen LogP contribution in [0.1, 0.15) is 15.9 Å². The zero-order valence-corrected chi connectivity index (χ0v) is 13.1. The van der Waals surface area contributed by atoms with Gasteiger partial charge in [-0.25, -0.2) is 0 Å². The zero-order valence-electron chi connectivity index (χ0n) is 11.5. The Labute approximate surface area is 136 Å². The smallest absolute Gasteiger partial charge is 0.252 e. The van der Waals surface area contributed by atoms with E-state index in [1.807, 2.05) is 6.07 Å². The van der Waals surface area contributed by atoms with Crippen LogP contribution in [0, 0.1) is 11.3 Å². The van der Waals surface area contributed by atoms with Crippen molar-refractivity contribution in [2.75, 3.05) is 11.9 Å². The Bertz CT molecular complexity index is 736. The summed E-state index contributed by atoms with van der Waals surface area (Å²) >= 11 is 3.28. The van der Waals surface area contributed by atoms with Gasteiger partial charge in [0.25, 0.3) is 5.91 Å². The summed E-state index contributed by atoms with van der Waals surface area (Å²) < 4.78 is 0.667. The second-order valence-electron chi connectivity index (χ2n) is 4.40. The van der Waals surface area contributed by atoms with Crippen molar-refractivity contribution in [1.82, 2.24) is 5.32 Å². The first kappa shape index (κ1) is 15.7. The van der Waals surface area contributed by atoms with Gasteiger partial charge in [-0.3, -0.25) is 9.59 Å². The molecule has 5 nitrogen and oxygen atoms in total. The number of amides is 2. The molecule has 0 bridgehead atoms. The van der Waals surface area contributed by atoms with E-state index in [0.717, 1.165) is 0 Å². The number of nitrogens with zero attached hydrogens (tertiary/aromatic N) is 1. The number of nitriles is 1. The van der Waals surface area contributed by atoms with Crippen LogP contribution in [0.2, 0.25) is 0 Å². The molecule has 0 spiro atoms. The van der Waals surface area contributed by atoms with E-state index >= 15 is 0 Å². The van der Waals surface area contributed by atoms with Crippen molar-refractivity contribution in [1.29, 1.82) is 5.26 Å². The van der Waals surface area contributed by atoms with Gasteiger partial charge in [0.2, 0.25) is 5.91 Å². The fraction of sp³-hybridized carbons (Fsp3) is 0.0625. The number of benzene rings is 2. The lowest BCUT2D eigenvalue weighted by Gasteiger charge is -2.08. The van der Waals surface area contributed by atoms with Gasteiger partial charge in [0.15, 0.2) is 0 Å². The Morgan fingerprint density at radius 3 is 2.41 bits per heavy atom. The molecule has 0 radical (unpaired) electrons. The van der Waals surface area contributed by atoms with Crippen molar-refractivity contribution in [3.63, 3.8) is 0 Å². The first-order valence-corrected chi connectivity index (χ1v) is 7.22. The molecule has 0 aliphatic rings. The molecule has 2 aromatic carbocycles. The Morgan fingerprint density at radius 2 is 1.77 bits per heavy atom. The fourth-order valence-corrected chi connectivity index (χ4v) is 2.20. The van der Waals surface area contributed by atoms with E-state index in [9.17, 15) is 9.59 Å². The van der Waals surface area contributed by atoms with Gasteiger partial charge < -0.3 is 10.6 Å². The number of halogens is 1. The van der Waals surface area contributed by atoms with Gasteiger partial charge >= 0.3 is 0 Å². The summed E-state index contributed by atoms with van der Waals surface area (Å²) in [6, 6.07) is 15.4. The Morgan fingerprint density at radius 1 is 1.09 bits per heavy atom. The lowest BCUT2D eigenvalue weighted by Crippen LogP contribution is -2.33. The van der Waals surface area contributed by atoms with Crippen LogP contribution < -0.4 is 10.6 Å². The van der Waals surface area contributed by atoms with Crippen LogP contribution in [0.15, 0.2) is 53.0 Å². The molecule has 0 unspecified atom stereocenters. The summed E-state index contributed by atoms with van der Waals surface area (Å²) in [5.41, 5.74) is 1.55. The van der Waals surface area contributed by atoms with Gasteiger partial charge in [0.1, 0.15) is 0 Å². The maximum Gasteiger partial charge on any atom is 0.252 e. The summed E-state index contributed by atoms with van der Waals surface area (Å²) in [5.74, 6) is -0.674. The highest BCUT2D eigenvalue weighted by atomic mass is 79.9. The minimum atomic E-state index is -0.342. The van der Waals surface area contributed by atoms with E-state index in [4.69, 9.17) is 5.26 Å². The lowest BCUT2D eigenvalue weighted by atomic mass is 10.2. The minimum Gasteiger partial charge on any atom is -0.343 e. The van der Waals surface area contributed by atoms with Crippen LogP contribution >= 0.6 is 15.9 Å². The van der Waals surface area contributed by atoms with Crippen molar-refractivity contribution >= 4 is 33.4 Å². The normalized spacial score (nSPS) is 9.64. The van der Waals surface area contributed by atoms with E-state index in [0.29, 0.717) is 21.3 Å². The number of anilines is 1. The number of carbonyl (C=O) groups is 2. The van der Waals surface area contributed by atoms with E-state index in [-0.39, 0.29) is 18.4 Å². The topological polar surface area (TPSA) is 82.0 Å². The van der Waals surface area contributed by atoms with E-state index < -0.39 is 0 Å². The Hall–Kier alpha value is -2.65. The van der Waals surface area contributed by atoms with E-state index in [1.165, 1.54) is 0 Å². The van der Waals surface area contributed by atoms with Gasteiger partial charge in [-0.2, -0.15) is 5.26 Å². The van der Waals surface area contributed by atoms with Crippen LogP contribution in [0.5, 0.6) is 0 Å². The molecule has 0 heterocycles. The first-order chi connectivity index (χ1) is 10.6. The summed E-state index contributed by atoms with van der Waals surface area (Å²) in [5, 5.41) is 13.9. The lowest BCUT2D eigenvalue weighted by molar-refractivity contribution is -0.115. The SMILES string of the molecule is N#Cc1ccc(NC(=O)CNC(=O)c2ccccc2Br)cc1. The molecule has 0 saturated carbocycles. The quantitative estimate of drug-likeness (QED) is 0.882. The molecule has 0 aliphatic heterocycles. The molecule has 0 atom stereocenters. The monoisotopic (exact) mass is 357 g/mol. The Kier molecular flexibility index (Phi) is 5.28. The number of nitrogens with one attached hydrogen (secondary N) is 2.